The van der Waals surface area contributed by atoms with Crippen molar-refractivity contribution in [3.8, 4) is 16.9 Å². The summed E-state index contributed by atoms with van der Waals surface area (Å²) in [4.78, 5) is 11.2. The van der Waals surface area contributed by atoms with E-state index >= 15 is 0 Å². The van der Waals surface area contributed by atoms with Gasteiger partial charge in [-0.15, -0.1) is 0 Å². The van der Waals surface area contributed by atoms with Crippen molar-refractivity contribution in [1.29, 1.82) is 0 Å². The van der Waals surface area contributed by atoms with Crippen LogP contribution in [0.2, 0.25) is 0 Å². The van der Waals surface area contributed by atoms with Crippen LogP contribution in [0.5, 0.6) is 5.75 Å². The molecule has 0 unspecified atom stereocenters. The number of benzene rings is 2. The summed E-state index contributed by atoms with van der Waals surface area (Å²) in [6.45, 7) is 0. The molecule has 0 aliphatic rings. The van der Waals surface area contributed by atoms with Gasteiger partial charge < -0.3 is 9.84 Å². The van der Waals surface area contributed by atoms with Crippen LogP contribution in [0, 0.1) is 5.82 Å². The zero-order chi connectivity index (χ0) is 16.3. The van der Waals surface area contributed by atoms with Crippen LogP contribution in [0.3, 0.4) is 0 Å². The summed E-state index contributed by atoms with van der Waals surface area (Å²) in [7, 11) is 1.02. The van der Waals surface area contributed by atoms with E-state index in [0.29, 0.717) is 0 Å². The van der Waals surface area contributed by atoms with E-state index in [1.165, 1.54) is 18.2 Å². The van der Waals surface area contributed by atoms with Crippen LogP contribution in [0.4, 0.5) is 13.2 Å². The van der Waals surface area contributed by atoms with Crippen molar-refractivity contribution in [3.05, 3.63) is 53.8 Å². The molecule has 0 amide bonds. The monoisotopic (exact) mass is 310 g/mol. The van der Waals surface area contributed by atoms with Crippen molar-refractivity contribution < 1.29 is 27.8 Å². The summed E-state index contributed by atoms with van der Waals surface area (Å²) >= 11 is 0. The van der Waals surface area contributed by atoms with Gasteiger partial charge in [-0.2, -0.15) is 0 Å². The predicted octanol–water partition coefficient (Wildman–Crippen LogP) is 3.85. The third-order valence-electron chi connectivity index (χ3n) is 3.13. The average Bonchev–Trinajstić information content (AvgIpc) is 2.46. The van der Waals surface area contributed by atoms with Gasteiger partial charge in [0.1, 0.15) is 18.0 Å². The first-order valence-electron chi connectivity index (χ1n) is 6.37. The molecule has 0 fully saturated rings. The Morgan fingerprint density at radius 3 is 2.59 bits per heavy atom. The van der Waals surface area contributed by atoms with E-state index in [2.05, 4.69) is 4.74 Å². The maximum absolute atomic E-state index is 14.3. The molecule has 0 aromatic heterocycles. The van der Waals surface area contributed by atoms with Gasteiger partial charge in [-0.25, -0.2) is 13.2 Å². The van der Waals surface area contributed by atoms with Gasteiger partial charge in [-0.3, -0.25) is 4.79 Å². The van der Waals surface area contributed by atoms with E-state index in [0.717, 1.165) is 31.4 Å². The van der Waals surface area contributed by atoms with Gasteiger partial charge in [0, 0.05) is 5.56 Å². The highest BCUT2D eigenvalue weighted by atomic mass is 19.3. The highest BCUT2D eigenvalue weighted by Crippen LogP contribution is 2.40. The number of methoxy groups -OCH3 is 1. The molecular weight excluding hydrogens is 297 g/mol. The molecule has 116 valence electrons. The molecule has 0 radical (unpaired) electrons. The topological polar surface area (TPSA) is 46.5 Å². The molecule has 2 aromatic carbocycles. The molecule has 0 spiro atoms. The van der Waals surface area contributed by atoms with Crippen molar-refractivity contribution in [2.75, 3.05) is 7.11 Å². The SMILES string of the molecule is COC(=O)CC(F)(F)c1ccc(O)cc1-c1cccc(F)c1. The number of carbonyl (C=O) groups excluding carboxylic acids is 1. The second-order valence-electron chi connectivity index (χ2n) is 4.70. The number of aromatic hydroxyl groups is 1. The molecule has 22 heavy (non-hydrogen) atoms. The van der Waals surface area contributed by atoms with Gasteiger partial charge in [0.25, 0.3) is 5.92 Å². The minimum absolute atomic E-state index is 0.0478. The average molecular weight is 310 g/mol. The fourth-order valence-corrected chi connectivity index (χ4v) is 2.09. The lowest BCUT2D eigenvalue weighted by molar-refractivity contribution is -0.149. The zero-order valence-corrected chi connectivity index (χ0v) is 11.6. The molecule has 1 N–H and O–H groups in total. The smallest absolute Gasteiger partial charge is 0.312 e. The molecule has 0 saturated carbocycles. The Hall–Kier alpha value is -2.50. The van der Waals surface area contributed by atoms with Gasteiger partial charge in [0.2, 0.25) is 0 Å². The standard InChI is InChI=1S/C16H13F3O3/c1-22-15(21)9-16(18,19)14-6-5-12(20)8-13(14)10-3-2-4-11(17)7-10/h2-8,20H,9H2,1H3. The van der Waals surface area contributed by atoms with E-state index in [9.17, 15) is 23.1 Å². The van der Waals surface area contributed by atoms with E-state index in [-0.39, 0.29) is 16.9 Å². The minimum Gasteiger partial charge on any atom is -0.508 e. The third kappa shape index (κ3) is 3.39. The normalized spacial score (nSPS) is 11.3. The molecule has 0 aliphatic carbocycles. The Labute approximate surface area is 125 Å². The molecule has 3 nitrogen and oxygen atoms in total. The fourth-order valence-electron chi connectivity index (χ4n) is 2.09. The van der Waals surface area contributed by atoms with Crippen LogP contribution >= 0.6 is 0 Å². The van der Waals surface area contributed by atoms with E-state index < -0.39 is 29.7 Å². The lowest BCUT2D eigenvalue weighted by atomic mass is 9.94. The number of esters is 1. The Morgan fingerprint density at radius 1 is 1.23 bits per heavy atom. The zero-order valence-electron chi connectivity index (χ0n) is 11.6. The molecule has 0 atom stereocenters. The Morgan fingerprint density at radius 2 is 1.95 bits per heavy atom. The molecule has 6 heteroatoms. The summed E-state index contributed by atoms with van der Waals surface area (Å²) in [5.41, 5.74) is -0.356. The summed E-state index contributed by atoms with van der Waals surface area (Å²) in [5.74, 6) is -5.41. The summed E-state index contributed by atoms with van der Waals surface area (Å²) in [5, 5.41) is 9.53. The molecule has 0 heterocycles. The minimum atomic E-state index is -3.51. The van der Waals surface area contributed by atoms with Crippen molar-refractivity contribution in [1.82, 2.24) is 0 Å². The number of rotatable bonds is 4. The number of halogens is 3. The maximum atomic E-state index is 14.3. The highest BCUT2D eigenvalue weighted by molar-refractivity contribution is 5.74. The van der Waals surface area contributed by atoms with E-state index in [1.54, 1.807) is 0 Å². The first-order valence-corrected chi connectivity index (χ1v) is 6.37. The number of phenolic OH excluding ortho intramolecular Hbond substituents is 1. The molecule has 0 bridgehead atoms. The number of phenols is 1. The number of carbonyl (C=O) groups is 1. The van der Waals surface area contributed by atoms with Crippen molar-refractivity contribution in [2.45, 2.75) is 12.3 Å². The first-order chi connectivity index (χ1) is 10.3. The van der Waals surface area contributed by atoms with Crippen LogP contribution in [-0.2, 0) is 15.5 Å². The summed E-state index contributed by atoms with van der Waals surface area (Å²) in [6, 6.07) is 8.27. The Bertz CT molecular complexity index is 699. The maximum Gasteiger partial charge on any atom is 0.312 e. The number of alkyl halides is 2. The second-order valence-corrected chi connectivity index (χ2v) is 4.70. The highest BCUT2D eigenvalue weighted by Gasteiger charge is 2.37. The largest absolute Gasteiger partial charge is 0.508 e. The lowest BCUT2D eigenvalue weighted by Crippen LogP contribution is -2.20. The van der Waals surface area contributed by atoms with Gasteiger partial charge in [-0.05, 0) is 41.5 Å². The van der Waals surface area contributed by atoms with Crippen LogP contribution < -0.4 is 0 Å². The number of hydrogen-bond acceptors (Lipinski definition) is 3. The van der Waals surface area contributed by atoms with Gasteiger partial charge >= 0.3 is 5.97 Å². The van der Waals surface area contributed by atoms with Crippen molar-refractivity contribution >= 4 is 5.97 Å². The number of hydrogen-bond donors (Lipinski definition) is 1. The second kappa shape index (κ2) is 6.09. The Balaban J connectivity index is 2.55. The van der Waals surface area contributed by atoms with Gasteiger partial charge in [0.15, 0.2) is 0 Å². The lowest BCUT2D eigenvalue weighted by Gasteiger charge is -2.19. The fraction of sp³-hybridized carbons (Fsp3) is 0.188. The molecular formula is C16H13F3O3. The summed E-state index contributed by atoms with van der Waals surface area (Å²) < 4.78 is 46.2. The molecule has 0 saturated heterocycles. The summed E-state index contributed by atoms with van der Waals surface area (Å²) in [6.07, 6.45) is -1.14. The van der Waals surface area contributed by atoms with Crippen LogP contribution in [0.1, 0.15) is 12.0 Å². The molecule has 2 rings (SSSR count). The molecule has 2 aromatic rings. The van der Waals surface area contributed by atoms with Gasteiger partial charge in [0.05, 0.1) is 7.11 Å². The Kier molecular flexibility index (Phi) is 4.40. The first kappa shape index (κ1) is 15.9. The number of ether oxygens (including phenoxy) is 1. The van der Waals surface area contributed by atoms with E-state index in [1.807, 2.05) is 0 Å². The molecule has 0 aliphatic heterocycles. The van der Waals surface area contributed by atoms with Crippen LogP contribution in [0.15, 0.2) is 42.5 Å². The third-order valence-corrected chi connectivity index (χ3v) is 3.13. The predicted molar refractivity (Wildman–Crippen MR) is 74.0 cm³/mol. The quantitative estimate of drug-likeness (QED) is 0.872. The van der Waals surface area contributed by atoms with Gasteiger partial charge in [-0.1, -0.05) is 12.1 Å². The van der Waals surface area contributed by atoms with E-state index in [4.69, 9.17) is 0 Å². The van der Waals surface area contributed by atoms with Crippen LogP contribution in [-0.4, -0.2) is 18.2 Å². The van der Waals surface area contributed by atoms with Crippen LogP contribution in [0.25, 0.3) is 11.1 Å². The van der Waals surface area contributed by atoms with Crippen molar-refractivity contribution in [3.63, 3.8) is 0 Å². The van der Waals surface area contributed by atoms with Crippen molar-refractivity contribution in [2.24, 2.45) is 0 Å².